The summed E-state index contributed by atoms with van der Waals surface area (Å²) in [5.41, 5.74) is 0. The molecule has 0 spiro atoms. The second-order valence-corrected chi connectivity index (χ2v) is 6.24. The number of carboxylic acids is 1. The highest BCUT2D eigenvalue weighted by atomic mass is 28.3. The molecule has 4 heteroatoms. The van der Waals surface area contributed by atoms with Crippen LogP contribution in [0.15, 0.2) is 12.2 Å². The van der Waals surface area contributed by atoms with Crippen LogP contribution in [0, 0.1) is 0 Å². The van der Waals surface area contributed by atoms with Crippen molar-refractivity contribution in [1.82, 2.24) is 0 Å². The summed E-state index contributed by atoms with van der Waals surface area (Å²) in [4.78, 5) is 9.51. The highest BCUT2D eigenvalue weighted by Gasteiger charge is 1.82. The molecule has 0 saturated heterocycles. The van der Waals surface area contributed by atoms with E-state index in [2.05, 4.69) is 20.0 Å². The van der Waals surface area contributed by atoms with Crippen LogP contribution in [0.4, 0.5) is 0 Å². The summed E-state index contributed by atoms with van der Waals surface area (Å²) in [6.07, 6.45) is 2.56. The molecule has 0 bridgehead atoms. The van der Waals surface area contributed by atoms with E-state index in [0.29, 0.717) is 0 Å². The largest absolute Gasteiger partial charge is 0.478 e. The molecule has 0 atom stereocenters. The standard InChI is InChI=1S/C4H6O2.C4H12Si.H2O/c1-2-3-4(5)6;1-4-5(2)3;/h2-3H,1H3,(H,5,6);5H,4H2,1-3H3;1H2. The van der Waals surface area contributed by atoms with Crippen molar-refractivity contribution in [2.75, 3.05) is 0 Å². The van der Waals surface area contributed by atoms with Gasteiger partial charge in [0, 0.05) is 14.9 Å². The van der Waals surface area contributed by atoms with E-state index in [-0.39, 0.29) is 14.3 Å². The second-order valence-electron chi connectivity index (χ2n) is 2.64. The van der Waals surface area contributed by atoms with Gasteiger partial charge in [-0.3, -0.25) is 0 Å². The number of rotatable bonds is 2. The van der Waals surface area contributed by atoms with E-state index >= 15 is 0 Å². The van der Waals surface area contributed by atoms with Crippen LogP contribution >= 0.6 is 0 Å². The first-order valence-corrected chi connectivity index (χ1v) is 7.02. The van der Waals surface area contributed by atoms with E-state index in [9.17, 15) is 4.79 Å². The molecule has 0 aliphatic carbocycles. The van der Waals surface area contributed by atoms with E-state index < -0.39 is 5.97 Å². The summed E-state index contributed by atoms with van der Waals surface area (Å²) >= 11 is 0. The van der Waals surface area contributed by atoms with Crippen LogP contribution in [0.25, 0.3) is 0 Å². The zero-order valence-corrected chi connectivity index (χ0v) is 9.45. The molecular weight excluding hydrogens is 172 g/mol. The van der Waals surface area contributed by atoms with Crippen molar-refractivity contribution in [2.45, 2.75) is 33.0 Å². The first-order chi connectivity index (χ1) is 5.04. The van der Waals surface area contributed by atoms with Crippen LogP contribution in [-0.4, -0.2) is 25.3 Å². The van der Waals surface area contributed by atoms with Crippen molar-refractivity contribution in [3.05, 3.63) is 12.2 Å². The Morgan fingerprint density at radius 2 is 1.83 bits per heavy atom. The Morgan fingerprint density at radius 3 is 1.83 bits per heavy atom. The molecular formula is C8H20O3Si. The maximum Gasteiger partial charge on any atom is 0.327 e. The fourth-order valence-corrected chi connectivity index (χ4v) is 0.143. The second kappa shape index (κ2) is 13.0. The first kappa shape index (κ1) is 17.5. The average Bonchev–Trinajstić information content (AvgIpc) is 1.89. The van der Waals surface area contributed by atoms with Crippen LogP contribution < -0.4 is 0 Å². The van der Waals surface area contributed by atoms with Crippen molar-refractivity contribution in [2.24, 2.45) is 0 Å². The summed E-state index contributed by atoms with van der Waals surface area (Å²) in [5.74, 6) is -0.891. The van der Waals surface area contributed by atoms with Crippen LogP contribution in [-0.2, 0) is 4.79 Å². The van der Waals surface area contributed by atoms with Crippen LogP contribution in [0.2, 0.25) is 19.1 Å². The van der Waals surface area contributed by atoms with Gasteiger partial charge in [-0.05, 0) is 6.92 Å². The zero-order valence-electron chi connectivity index (χ0n) is 8.29. The number of allylic oxidation sites excluding steroid dienone is 1. The molecule has 3 N–H and O–H groups in total. The van der Waals surface area contributed by atoms with Gasteiger partial charge >= 0.3 is 5.97 Å². The van der Waals surface area contributed by atoms with E-state index in [4.69, 9.17) is 5.11 Å². The maximum atomic E-state index is 9.51. The third-order valence-electron chi connectivity index (χ3n) is 1.13. The lowest BCUT2D eigenvalue weighted by atomic mass is 10.5. The van der Waals surface area contributed by atoms with Gasteiger partial charge in [0.25, 0.3) is 0 Å². The lowest BCUT2D eigenvalue weighted by Gasteiger charge is -1.87. The van der Waals surface area contributed by atoms with E-state index in [1.807, 2.05) is 0 Å². The Balaban J connectivity index is -0.000000126. The average molecular weight is 192 g/mol. The normalized spacial score (nSPS) is 8.75. The topological polar surface area (TPSA) is 68.8 Å². The summed E-state index contributed by atoms with van der Waals surface area (Å²) in [5, 5.41) is 7.83. The van der Waals surface area contributed by atoms with Gasteiger partial charge in [0.1, 0.15) is 0 Å². The van der Waals surface area contributed by atoms with Crippen LogP contribution in [0.1, 0.15) is 13.8 Å². The molecule has 0 heterocycles. The lowest BCUT2D eigenvalue weighted by molar-refractivity contribution is -0.131. The van der Waals surface area contributed by atoms with Crippen molar-refractivity contribution < 1.29 is 15.4 Å². The van der Waals surface area contributed by atoms with Crippen molar-refractivity contribution >= 4 is 14.8 Å². The molecule has 0 aromatic heterocycles. The minimum absolute atomic E-state index is 0. The fourth-order valence-electron chi connectivity index (χ4n) is 0.143. The number of hydrogen-bond donors (Lipinski definition) is 1. The zero-order chi connectivity index (χ0) is 9.28. The number of carbonyl (C=O) groups is 1. The Labute approximate surface area is 76.0 Å². The number of aliphatic carboxylic acids is 1. The highest BCUT2D eigenvalue weighted by molar-refractivity contribution is 6.55. The van der Waals surface area contributed by atoms with Crippen LogP contribution in [0.3, 0.4) is 0 Å². The predicted octanol–water partition coefficient (Wildman–Crippen LogP) is 1.32. The smallest absolute Gasteiger partial charge is 0.327 e. The van der Waals surface area contributed by atoms with Crippen molar-refractivity contribution in [3.8, 4) is 0 Å². The molecule has 0 fully saturated rings. The Hall–Kier alpha value is -0.613. The SMILES string of the molecule is CC=CC(=O)O.CC[SiH](C)C.O. The molecule has 3 nitrogen and oxygen atoms in total. The van der Waals surface area contributed by atoms with Gasteiger partial charge in [-0.25, -0.2) is 4.79 Å². The van der Waals surface area contributed by atoms with Crippen molar-refractivity contribution in [3.63, 3.8) is 0 Å². The summed E-state index contributed by atoms with van der Waals surface area (Å²) in [6, 6.07) is 1.44. The molecule has 0 aromatic rings. The third-order valence-corrected chi connectivity index (χ3v) is 2.76. The lowest BCUT2D eigenvalue weighted by Crippen LogP contribution is -1.92. The molecule has 74 valence electrons. The summed E-state index contributed by atoms with van der Waals surface area (Å²) < 4.78 is 0. The van der Waals surface area contributed by atoms with E-state index in [0.717, 1.165) is 6.08 Å². The minimum Gasteiger partial charge on any atom is -0.478 e. The summed E-state index contributed by atoms with van der Waals surface area (Å²) in [7, 11) is -0.150. The van der Waals surface area contributed by atoms with Gasteiger partial charge in [-0.15, -0.1) is 0 Å². The maximum absolute atomic E-state index is 9.51. The van der Waals surface area contributed by atoms with Gasteiger partial charge in [0.05, 0.1) is 0 Å². The molecule has 0 amide bonds. The monoisotopic (exact) mass is 192 g/mol. The Kier molecular flexibility index (Phi) is 18.9. The number of carboxylic acid groups (broad SMARTS) is 1. The Bertz CT molecular complexity index is 121. The molecule has 0 radical (unpaired) electrons. The van der Waals surface area contributed by atoms with Gasteiger partial charge in [-0.2, -0.15) is 0 Å². The van der Waals surface area contributed by atoms with E-state index in [1.165, 1.54) is 12.1 Å². The highest BCUT2D eigenvalue weighted by Crippen LogP contribution is 1.83. The van der Waals surface area contributed by atoms with E-state index in [1.54, 1.807) is 6.92 Å². The quantitative estimate of drug-likeness (QED) is 0.529. The molecule has 0 rings (SSSR count). The first-order valence-electron chi connectivity index (χ1n) is 3.90. The van der Waals surface area contributed by atoms with Gasteiger partial charge < -0.3 is 10.6 Å². The van der Waals surface area contributed by atoms with Crippen LogP contribution in [0.5, 0.6) is 0 Å². The minimum atomic E-state index is -0.891. The number of hydrogen-bond acceptors (Lipinski definition) is 1. The third kappa shape index (κ3) is 34.3. The molecule has 0 aromatic carbocycles. The molecule has 0 aliphatic rings. The molecule has 0 saturated carbocycles. The molecule has 12 heavy (non-hydrogen) atoms. The molecule has 0 aliphatic heterocycles. The fraction of sp³-hybridized carbons (Fsp3) is 0.625. The Morgan fingerprint density at radius 1 is 1.50 bits per heavy atom. The predicted molar refractivity (Wildman–Crippen MR) is 55.4 cm³/mol. The van der Waals surface area contributed by atoms with Gasteiger partial charge in [0.15, 0.2) is 0 Å². The van der Waals surface area contributed by atoms with Gasteiger partial charge in [-0.1, -0.05) is 32.1 Å². The van der Waals surface area contributed by atoms with Gasteiger partial charge in [0.2, 0.25) is 0 Å². The molecule has 0 unspecified atom stereocenters. The summed E-state index contributed by atoms with van der Waals surface area (Å²) in [6.45, 7) is 8.64. The van der Waals surface area contributed by atoms with Crippen molar-refractivity contribution in [1.29, 1.82) is 0 Å².